The van der Waals surface area contributed by atoms with Gasteiger partial charge in [0.05, 0.1) is 11.0 Å². The van der Waals surface area contributed by atoms with E-state index in [9.17, 15) is 26.7 Å². The van der Waals surface area contributed by atoms with E-state index in [1.165, 1.54) is 11.6 Å². The van der Waals surface area contributed by atoms with Crippen molar-refractivity contribution in [3.8, 4) is 0 Å². The predicted molar refractivity (Wildman–Crippen MR) is 116 cm³/mol. The molecule has 3 aromatic heterocycles. The lowest BCUT2D eigenvalue weighted by Crippen LogP contribution is -2.36. The van der Waals surface area contributed by atoms with Gasteiger partial charge in [-0.2, -0.15) is 32.1 Å². The van der Waals surface area contributed by atoms with E-state index in [2.05, 4.69) is 36.4 Å². The van der Waals surface area contributed by atoms with Crippen molar-refractivity contribution in [1.29, 1.82) is 0 Å². The molecule has 7 nitrogen and oxygen atoms in total. The van der Waals surface area contributed by atoms with Crippen LogP contribution in [0.3, 0.4) is 0 Å². The second-order valence-electron chi connectivity index (χ2n) is 7.22. The maximum atomic E-state index is 14.1. The molecule has 0 aliphatic carbocycles. The maximum Gasteiger partial charge on any atom is 0.459 e. The Morgan fingerprint density at radius 3 is 2.53 bits per heavy atom. The smallest absolute Gasteiger partial charge is 0.303 e. The zero-order valence-electron chi connectivity index (χ0n) is 17.0. The van der Waals surface area contributed by atoms with Crippen LogP contribution in [0.15, 0.2) is 47.1 Å². The number of nitrogens with one attached hydrogen (secondary N) is 1. The van der Waals surface area contributed by atoms with Crippen LogP contribution in [-0.2, 0) is 12.5 Å². The van der Waals surface area contributed by atoms with Crippen LogP contribution in [-0.4, -0.2) is 36.5 Å². The lowest BCUT2D eigenvalue weighted by molar-refractivity contribution is -0.291. The van der Waals surface area contributed by atoms with E-state index in [1.807, 2.05) is 0 Å². The quantitative estimate of drug-likeness (QED) is 0.321. The monoisotopic (exact) mass is 562 g/mol. The van der Waals surface area contributed by atoms with Crippen molar-refractivity contribution in [2.24, 2.45) is 0 Å². The number of alkyl halides is 5. The van der Waals surface area contributed by atoms with Gasteiger partial charge in [-0.15, -0.1) is 0 Å². The van der Waals surface area contributed by atoms with Crippen molar-refractivity contribution in [3.63, 3.8) is 0 Å². The van der Waals surface area contributed by atoms with Gasteiger partial charge in [-0.3, -0.25) is 9.48 Å². The Morgan fingerprint density at radius 2 is 1.85 bits per heavy atom. The van der Waals surface area contributed by atoms with Gasteiger partial charge in [-0.1, -0.05) is 29.8 Å². The number of aromatic nitrogens is 5. The molecule has 4 aromatic rings. The minimum Gasteiger partial charge on any atom is -0.303 e. The molecule has 0 fully saturated rings. The van der Waals surface area contributed by atoms with E-state index in [4.69, 9.17) is 11.6 Å². The summed E-state index contributed by atoms with van der Waals surface area (Å²) >= 11 is 9.41. The van der Waals surface area contributed by atoms with Crippen LogP contribution >= 0.6 is 27.5 Å². The summed E-state index contributed by atoms with van der Waals surface area (Å²) in [5.74, 6) is -6.01. The minimum absolute atomic E-state index is 0.0825. The van der Waals surface area contributed by atoms with E-state index in [1.54, 1.807) is 30.5 Å². The summed E-state index contributed by atoms with van der Waals surface area (Å²) in [7, 11) is 0. The van der Waals surface area contributed by atoms with Crippen molar-refractivity contribution in [2.45, 2.75) is 25.6 Å². The molecule has 14 heteroatoms. The summed E-state index contributed by atoms with van der Waals surface area (Å²) in [4.78, 5) is 16.6. The summed E-state index contributed by atoms with van der Waals surface area (Å²) in [6.07, 6.45) is -4.28. The minimum atomic E-state index is -5.86. The third kappa shape index (κ3) is 4.49. The number of nitrogens with zero attached hydrogens (tertiary/aromatic N) is 5. The second kappa shape index (κ2) is 8.62. The van der Waals surface area contributed by atoms with Crippen molar-refractivity contribution in [2.75, 3.05) is 5.32 Å². The van der Waals surface area contributed by atoms with Crippen LogP contribution in [0, 0.1) is 6.92 Å². The summed E-state index contributed by atoms with van der Waals surface area (Å²) in [5, 5.41) is 10.8. The third-order valence-electron chi connectivity index (χ3n) is 4.70. The van der Waals surface area contributed by atoms with E-state index in [-0.39, 0.29) is 17.2 Å². The van der Waals surface area contributed by atoms with Crippen LogP contribution in [0.5, 0.6) is 0 Å². The molecular weight excluding hydrogens is 551 g/mol. The number of amides is 1. The van der Waals surface area contributed by atoms with Crippen molar-refractivity contribution >= 4 is 44.9 Å². The molecule has 34 heavy (non-hydrogen) atoms. The number of fused-ring (bicyclic) bond motifs is 1. The second-order valence-corrected chi connectivity index (χ2v) is 8.48. The van der Waals surface area contributed by atoms with Crippen LogP contribution < -0.4 is 5.32 Å². The molecular formula is C20H13BrClF5N6O. The van der Waals surface area contributed by atoms with Gasteiger partial charge >= 0.3 is 12.1 Å². The first kappa shape index (κ1) is 24.1. The van der Waals surface area contributed by atoms with Crippen LogP contribution in [0.2, 0.25) is 5.02 Å². The van der Waals surface area contributed by atoms with Gasteiger partial charge < -0.3 is 5.32 Å². The molecule has 0 spiro atoms. The molecule has 1 amide bonds. The Kier molecular flexibility index (Phi) is 6.10. The lowest BCUT2D eigenvalue weighted by Gasteiger charge is -2.20. The van der Waals surface area contributed by atoms with Crippen molar-refractivity contribution in [3.05, 3.63) is 74.7 Å². The summed E-state index contributed by atoms with van der Waals surface area (Å²) in [5.41, 5.74) is -1.54. The van der Waals surface area contributed by atoms with Gasteiger partial charge in [-0.25, -0.2) is 9.50 Å². The molecule has 4 rings (SSSR count). The molecule has 0 atom stereocenters. The van der Waals surface area contributed by atoms with Gasteiger partial charge in [0.25, 0.3) is 5.91 Å². The van der Waals surface area contributed by atoms with Gasteiger partial charge in [0.15, 0.2) is 17.2 Å². The topological polar surface area (TPSA) is 77.1 Å². The number of hydrogen-bond acceptors (Lipinski definition) is 4. The number of hydrogen-bond donors (Lipinski definition) is 1. The molecule has 3 heterocycles. The maximum absolute atomic E-state index is 14.1. The van der Waals surface area contributed by atoms with Crippen LogP contribution in [0.25, 0.3) is 5.65 Å². The summed E-state index contributed by atoms with van der Waals surface area (Å²) in [6, 6.07) is 8.68. The van der Waals surface area contributed by atoms with E-state index >= 15 is 0 Å². The molecule has 0 bridgehead atoms. The van der Waals surface area contributed by atoms with Gasteiger partial charge in [-0.05, 0) is 40.5 Å². The SMILES string of the molecule is Cc1cc(C(F)(F)C(F)(F)F)n2nc(C(=O)Nc3nn(Cc4ccccc4Cl)cc3Br)cc2n1. The number of carbonyl (C=O) groups is 1. The molecule has 0 saturated heterocycles. The fraction of sp³-hybridized carbons (Fsp3) is 0.200. The van der Waals surface area contributed by atoms with Crippen LogP contribution in [0.4, 0.5) is 27.8 Å². The first-order valence-corrected chi connectivity index (χ1v) is 10.6. The molecule has 1 aromatic carbocycles. The Bertz CT molecular complexity index is 1400. The third-order valence-corrected chi connectivity index (χ3v) is 5.65. The summed E-state index contributed by atoms with van der Waals surface area (Å²) < 4.78 is 69.1. The normalized spacial score (nSPS) is 12.4. The number of aryl methyl sites for hydroxylation is 1. The predicted octanol–water partition coefficient (Wildman–Crippen LogP) is 5.60. The number of benzene rings is 1. The fourth-order valence-electron chi connectivity index (χ4n) is 3.12. The first-order chi connectivity index (χ1) is 15.9. The van der Waals surface area contributed by atoms with Crippen LogP contribution in [0.1, 0.15) is 27.4 Å². The standard InChI is InChI=1S/C20H13BrClF5N6O/c1-10-6-15(19(23,24)20(25,26)27)33-16(28-10)7-14(30-33)18(34)29-17-12(21)9-32(31-17)8-11-4-2-3-5-13(11)22/h2-7,9H,8H2,1H3,(H,29,31,34). The Hall–Kier alpha value is -3.06. The highest BCUT2D eigenvalue weighted by Gasteiger charge is 2.60. The number of carbonyl (C=O) groups excluding carboxylic acids is 1. The lowest BCUT2D eigenvalue weighted by atomic mass is 10.2. The largest absolute Gasteiger partial charge is 0.459 e. The van der Waals surface area contributed by atoms with Gasteiger partial charge in [0.1, 0.15) is 5.69 Å². The highest BCUT2D eigenvalue weighted by Crippen LogP contribution is 2.43. The molecule has 0 aliphatic rings. The highest BCUT2D eigenvalue weighted by molar-refractivity contribution is 9.10. The van der Waals surface area contributed by atoms with Crippen molar-refractivity contribution in [1.82, 2.24) is 24.4 Å². The average Bonchev–Trinajstić information content (AvgIpc) is 3.31. The zero-order chi connectivity index (χ0) is 24.8. The Balaban J connectivity index is 1.63. The summed E-state index contributed by atoms with van der Waals surface area (Å²) in [6.45, 7) is 1.55. The molecule has 1 N–H and O–H groups in total. The van der Waals surface area contributed by atoms with Gasteiger partial charge in [0, 0.05) is 23.0 Å². The Morgan fingerprint density at radius 1 is 1.15 bits per heavy atom. The Labute approximate surface area is 201 Å². The highest BCUT2D eigenvalue weighted by atomic mass is 79.9. The molecule has 0 unspecified atom stereocenters. The van der Waals surface area contributed by atoms with E-state index in [0.29, 0.717) is 26.6 Å². The molecule has 0 saturated carbocycles. The fourth-order valence-corrected chi connectivity index (χ4v) is 3.73. The van der Waals surface area contributed by atoms with E-state index < -0.39 is 29.4 Å². The molecule has 0 radical (unpaired) electrons. The molecule has 178 valence electrons. The van der Waals surface area contributed by atoms with Gasteiger partial charge in [0.2, 0.25) is 0 Å². The van der Waals surface area contributed by atoms with E-state index in [0.717, 1.165) is 11.6 Å². The number of anilines is 1. The molecule has 0 aliphatic heterocycles. The zero-order valence-corrected chi connectivity index (χ0v) is 19.4. The average molecular weight is 564 g/mol. The first-order valence-electron chi connectivity index (χ1n) is 9.47. The number of halogens is 7. The number of rotatable bonds is 5. The van der Waals surface area contributed by atoms with Crippen molar-refractivity contribution < 1.29 is 26.7 Å².